The number of rotatable bonds is 10. The molecule has 0 heterocycles. The van der Waals surface area contributed by atoms with Crippen LogP contribution in [0.1, 0.15) is 31.9 Å². The standard InChI is InChI=1S/C23H29BrN2O2S/c1-17(2)13-25-23(28)18(3)26(14-19-7-5-4-6-8-19)22(27)16-29-15-20-9-11-21(24)12-10-20/h4-12,17-18H,13-16H2,1-3H3,(H,25,28)/t18-/m0/s1. The Balaban J connectivity index is 2.01. The zero-order valence-electron chi connectivity index (χ0n) is 17.2. The van der Waals surface area contributed by atoms with E-state index in [2.05, 4.69) is 35.1 Å². The molecule has 6 heteroatoms. The maximum absolute atomic E-state index is 13.0. The number of nitrogens with zero attached hydrogens (tertiary/aromatic N) is 1. The molecule has 29 heavy (non-hydrogen) atoms. The van der Waals surface area contributed by atoms with Crippen molar-refractivity contribution in [3.8, 4) is 0 Å². The van der Waals surface area contributed by atoms with Gasteiger partial charge in [0.15, 0.2) is 0 Å². The summed E-state index contributed by atoms with van der Waals surface area (Å²) in [5, 5.41) is 2.95. The fourth-order valence-corrected chi connectivity index (χ4v) is 3.87. The van der Waals surface area contributed by atoms with Crippen molar-refractivity contribution in [1.29, 1.82) is 0 Å². The van der Waals surface area contributed by atoms with Crippen molar-refractivity contribution in [3.63, 3.8) is 0 Å². The normalized spacial score (nSPS) is 11.9. The van der Waals surface area contributed by atoms with E-state index in [1.54, 1.807) is 23.6 Å². The zero-order chi connectivity index (χ0) is 21.2. The van der Waals surface area contributed by atoms with Crippen LogP contribution in [0.5, 0.6) is 0 Å². The summed E-state index contributed by atoms with van der Waals surface area (Å²) in [7, 11) is 0. The van der Waals surface area contributed by atoms with Crippen LogP contribution in [-0.4, -0.2) is 35.1 Å². The molecule has 2 aromatic carbocycles. The number of hydrogen-bond donors (Lipinski definition) is 1. The van der Waals surface area contributed by atoms with E-state index in [9.17, 15) is 9.59 Å². The second-order valence-corrected chi connectivity index (χ2v) is 9.34. The lowest BCUT2D eigenvalue weighted by atomic mass is 10.1. The maximum Gasteiger partial charge on any atom is 0.242 e. The molecular weight excluding hydrogens is 448 g/mol. The van der Waals surface area contributed by atoms with Crippen LogP contribution >= 0.6 is 27.7 Å². The highest BCUT2D eigenvalue weighted by molar-refractivity contribution is 9.10. The first-order valence-corrected chi connectivity index (χ1v) is 11.7. The van der Waals surface area contributed by atoms with Crippen molar-refractivity contribution in [1.82, 2.24) is 10.2 Å². The molecule has 0 aromatic heterocycles. The first kappa shape index (κ1) is 23.5. The average molecular weight is 477 g/mol. The molecule has 0 saturated carbocycles. The van der Waals surface area contributed by atoms with Crippen LogP contribution in [0.2, 0.25) is 0 Å². The van der Waals surface area contributed by atoms with Gasteiger partial charge in [0.2, 0.25) is 11.8 Å². The second kappa shape index (κ2) is 12.0. The fourth-order valence-electron chi connectivity index (χ4n) is 2.73. The van der Waals surface area contributed by atoms with Crippen LogP contribution in [0.15, 0.2) is 59.1 Å². The lowest BCUT2D eigenvalue weighted by Crippen LogP contribution is -2.48. The molecule has 0 aliphatic rings. The second-order valence-electron chi connectivity index (χ2n) is 7.44. The van der Waals surface area contributed by atoms with Gasteiger partial charge in [-0.25, -0.2) is 0 Å². The number of benzene rings is 2. The average Bonchev–Trinajstić information content (AvgIpc) is 2.71. The largest absolute Gasteiger partial charge is 0.354 e. The third-order valence-corrected chi connectivity index (χ3v) is 5.97. The molecule has 4 nitrogen and oxygen atoms in total. The molecule has 0 saturated heterocycles. The number of carbonyl (C=O) groups is 2. The monoisotopic (exact) mass is 476 g/mol. The van der Waals surface area contributed by atoms with E-state index in [0.717, 1.165) is 15.8 Å². The molecular formula is C23H29BrN2O2S. The van der Waals surface area contributed by atoms with Gasteiger partial charge in [-0.1, -0.05) is 72.2 Å². The Morgan fingerprint density at radius 1 is 1.00 bits per heavy atom. The van der Waals surface area contributed by atoms with Gasteiger partial charge in [-0.15, -0.1) is 11.8 Å². The van der Waals surface area contributed by atoms with E-state index in [0.29, 0.717) is 24.8 Å². The summed E-state index contributed by atoms with van der Waals surface area (Å²) in [6.07, 6.45) is 0. The molecule has 2 rings (SSSR count). The van der Waals surface area contributed by atoms with Crippen molar-refractivity contribution in [3.05, 3.63) is 70.2 Å². The van der Waals surface area contributed by atoms with Crippen LogP contribution in [0.4, 0.5) is 0 Å². The molecule has 1 atom stereocenters. The molecule has 0 unspecified atom stereocenters. The van der Waals surface area contributed by atoms with Gasteiger partial charge in [-0.05, 0) is 36.1 Å². The fraction of sp³-hybridized carbons (Fsp3) is 0.391. The number of halogens is 1. The first-order chi connectivity index (χ1) is 13.9. The van der Waals surface area contributed by atoms with Crippen LogP contribution in [-0.2, 0) is 21.9 Å². The first-order valence-electron chi connectivity index (χ1n) is 9.80. The molecule has 0 aliphatic heterocycles. The minimum absolute atomic E-state index is 0.0249. The van der Waals surface area contributed by atoms with Crippen molar-refractivity contribution in [2.75, 3.05) is 12.3 Å². The van der Waals surface area contributed by atoms with Crippen LogP contribution in [0, 0.1) is 5.92 Å². The Bertz CT molecular complexity index is 781. The van der Waals surface area contributed by atoms with Gasteiger partial charge >= 0.3 is 0 Å². The summed E-state index contributed by atoms with van der Waals surface area (Å²) in [5.74, 6) is 1.33. The summed E-state index contributed by atoms with van der Waals surface area (Å²) < 4.78 is 1.04. The highest BCUT2D eigenvalue weighted by atomic mass is 79.9. The molecule has 0 fully saturated rings. The van der Waals surface area contributed by atoms with Crippen LogP contribution in [0.3, 0.4) is 0 Å². The van der Waals surface area contributed by atoms with Crippen molar-refractivity contribution < 1.29 is 9.59 Å². The van der Waals surface area contributed by atoms with E-state index in [4.69, 9.17) is 0 Å². The summed E-state index contributed by atoms with van der Waals surface area (Å²) in [6, 6.07) is 17.4. The molecule has 156 valence electrons. The highest BCUT2D eigenvalue weighted by Crippen LogP contribution is 2.18. The summed E-state index contributed by atoms with van der Waals surface area (Å²) in [5.41, 5.74) is 2.19. The zero-order valence-corrected chi connectivity index (χ0v) is 19.6. The SMILES string of the molecule is CC(C)CNC(=O)[C@H](C)N(Cc1ccccc1)C(=O)CSCc1ccc(Br)cc1. The predicted octanol–water partition coefficient (Wildman–Crippen LogP) is 4.87. The Morgan fingerprint density at radius 2 is 1.66 bits per heavy atom. The van der Waals surface area contributed by atoms with Crippen molar-refractivity contribution >= 4 is 39.5 Å². The van der Waals surface area contributed by atoms with Gasteiger partial charge in [0.25, 0.3) is 0 Å². The molecule has 0 spiro atoms. The van der Waals surface area contributed by atoms with Crippen molar-refractivity contribution in [2.45, 2.75) is 39.1 Å². The number of nitrogens with one attached hydrogen (secondary N) is 1. The molecule has 0 aliphatic carbocycles. The quantitative estimate of drug-likeness (QED) is 0.531. The van der Waals surface area contributed by atoms with Crippen LogP contribution in [0.25, 0.3) is 0 Å². The van der Waals surface area contributed by atoms with E-state index < -0.39 is 6.04 Å². The van der Waals surface area contributed by atoms with E-state index in [-0.39, 0.29) is 11.8 Å². The van der Waals surface area contributed by atoms with Gasteiger partial charge in [0, 0.05) is 23.3 Å². The smallest absolute Gasteiger partial charge is 0.242 e. The number of thioether (sulfide) groups is 1. The highest BCUT2D eigenvalue weighted by Gasteiger charge is 2.26. The lowest BCUT2D eigenvalue weighted by Gasteiger charge is -2.29. The molecule has 2 aromatic rings. The van der Waals surface area contributed by atoms with Gasteiger partial charge in [0.05, 0.1) is 5.75 Å². The molecule has 0 radical (unpaired) electrons. The van der Waals surface area contributed by atoms with Gasteiger partial charge in [-0.3, -0.25) is 9.59 Å². The van der Waals surface area contributed by atoms with Gasteiger partial charge in [-0.2, -0.15) is 0 Å². The Hall–Kier alpha value is -1.79. The number of amides is 2. The molecule has 2 amide bonds. The number of carbonyl (C=O) groups excluding carboxylic acids is 2. The Morgan fingerprint density at radius 3 is 2.28 bits per heavy atom. The minimum atomic E-state index is -0.519. The number of hydrogen-bond acceptors (Lipinski definition) is 3. The van der Waals surface area contributed by atoms with Gasteiger partial charge in [0.1, 0.15) is 6.04 Å². The third-order valence-electron chi connectivity index (χ3n) is 4.46. The third kappa shape index (κ3) is 8.23. The van der Waals surface area contributed by atoms with Gasteiger partial charge < -0.3 is 10.2 Å². The molecule has 1 N–H and O–H groups in total. The van der Waals surface area contributed by atoms with E-state index in [1.807, 2.05) is 54.6 Å². The maximum atomic E-state index is 13.0. The topological polar surface area (TPSA) is 49.4 Å². The van der Waals surface area contributed by atoms with E-state index >= 15 is 0 Å². The predicted molar refractivity (Wildman–Crippen MR) is 125 cm³/mol. The Kier molecular flexibility index (Phi) is 9.74. The minimum Gasteiger partial charge on any atom is -0.354 e. The summed E-state index contributed by atoms with van der Waals surface area (Å²) in [4.78, 5) is 27.3. The lowest BCUT2D eigenvalue weighted by molar-refractivity contribution is -0.138. The summed E-state index contributed by atoms with van der Waals surface area (Å²) >= 11 is 5.00. The molecule has 0 bridgehead atoms. The van der Waals surface area contributed by atoms with E-state index in [1.165, 1.54) is 5.56 Å². The Labute approximate surface area is 186 Å². The van der Waals surface area contributed by atoms with Crippen LogP contribution < -0.4 is 5.32 Å². The van der Waals surface area contributed by atoms with Crippen molar-refractivity contribution in [2.24, 2.45) is 5.92 Å². The summed E-state index contributed by atoms with van der Waals surface area (Å²) in [6.45, 7) is 6.94.